The molecule has 2 atom stereocenters. The van der Waals surface area contributed by atoms with Crippen LogP contribution in [0.2, 0.25) is 5.02 Å². The lowest BCUT2D eigenvalue weighted by Crippen LogP contribution is -2.12. The number of nitrogen functional groups attached to an aromatic ring is 1. The normalized spacial score (nSPS) is 24.6. The lowest BCUT2D eigenvalue weighted by Gasteiger charge is -2.13. The third-order valence-corrected chi connectivity index (χ3v) is 3.40. The number of aliphatic hydroxyl groups is 1. The molecule has 1 fully saturated rings. The summed E-state index contributed by atoms with van der Waals surface area (Å²) in [4.78, 5) is 0. The van der Waals surface area contributed by atoms with E-state index in [4.69, 9.17) is 17.3 Å². The number of hydrogen-bond acceptors (Lipinski definition) is 3. The minimum absolute atomic E-state index is 0.117. The van der Waals surface area contributed by atoms with Gasteiger partial charge in [0.25, 0.3) is 0 Å². The summed E-state index contributed by atoms with van der Waals surface area (Å²) in [5, 5.41) is 13.4. The number of rotatable bonds is 3. The van der Waals surface area contributed by atoms with Crippen molar-refractivity contribution in [1.82, 2.24) is 0 Å². The third kappa shape index (κ3) is 2.80. The highest BCUT2D eigenvalue weighted by Crippen LogP contribution is 2.28. The maximum Gasteiger partial charge on any atom is 0.0657 e. The summed E-state index contributed by atoms with van der Waals surface area (Å²) >= 11 is 6.05. The van der Waals surface area contributed by atoms with E-state index in [0.717, 1.165) is 31.5 Å². The molecule has 2 rings (SSSR count). The van der Waals surface area contributed by atoms with Crippen LogP contribution >= 0.6 is 11.6 Å². The maximum atomic E-state index is 9.42. The summed E-state index contributed by atoms with van der Waals surface area (Å²) in [6.45, 7) is 0.862. The third-order valence-electron chi connectivity index (χ3n) is 3.09. The van der Waals surface area contributed by atoms with Gasteiger partial charge in [0.15, 0.2) is 0 Å². The molecule has 0 amide bonds. The molecule has 0 bridgehead atoms. The van der Waals surface area contributed by atoms with E-state index in [9.17, 15) is 5.11 Å². The zero-order valence-electron chi connectivity index (χ0n) is 9.12. The quantitative estimate of drug-likeness (QED) is 0.712. The van der Waals surface area contributed by atoms with Gasteiger partial charge in [-0.1, -0.05) is 11.6 Å². The Kier molecular flexibility index (Phi) is 3.56. The van der Waals surface area contributed by atoms with E-state index >= 15 is 0 Å². The Balaban J connectivity index is 1.89. The van der Waals surface area contributed by atoms with E-state index in [-0.39, 0.29) is 6.10 Å². The lowest BCUT2D eigenvalue weighted by molar-refractivity contribution is 0.178. The van der Waals surface area contributed by atoms with Crippen LogP contribution in [0, 0.1) is 5.92 Å². The average molecular weight is 241 g/mol. The first-order chi connectivity index (χ1) is 7.65. The summed E-state index contributed by atoms with van der Waals surface area (Å²) in [5.41, 5.74) is 7.21. The molecule has 1 aromatic rings. The van der Waals surface area contributed by atoms with Crippen LogP contribution in [-0.2, 0) is 0 Å². The number of nitrogens with two attached hydrogens (primary N) is 1. The second kappa shape index (κ2) is 4.93. The number of aliphatic hydroxyl groups excluding tert-OH is 1. The van der Waals surface area contributed by atoms with Crippen LogP contribution in [0.4, 0.5) is 11.4 Å². The molecule has 0 aromatic heterocycles. The van der Waals surface area contributed by atoms with E-state index in [0.29, 0.717) is 16.6 Å². The topological polar surface area (TPSA) is 58.3 Å². The van der Waals surface area contributed by atoms with Crippen molar-refractivity contribution in [2.45, 2.75) is 25.4 Å². The molecule has 1 saturated carbocycles. The van der Waals surface area contributed by atoms with Crippen LogP contribution in [0.3, 0.4) is 0 Å². The molecule has 0 aliphatic heterocycles. The first-order valence-electron chi connectivity index (χ1n) is 5.62. The first kappa shape index (κ1) is 11.6. The smallest absolute Gasteiger partial charge is 0.0657 e. The largest absolute Gasteiger partial charge is 0.399 e. The minimum Gasteiger partial charge on any atom is -0.399 e. The lowest BCUT2D eigenvalue weighted by atomic mass is 10.1. The molecule has 1 aliphatic carbocycles. The second-order valence-corrected chi connectivity index (χ2v) is 4.86. The Bertz CT molecular complexity index is 370. The maximum absolute atomic E-state index is 9.42. The molecule has 16 heavy (non-hydrogen) atoms. The highest BCUT2D eigenvalue weighted by atomic mass is 35.5. The molecule has 3 nitrogen and oxygen atoms in total. The Morgan fingerprint density at radius 3 is 2.88 bits per heavy atom. The van der Waals surface area contributed by atoms with Crippen molar-refractivity contribution in [3.8, 4) is 0 Å². The van der Waals surface area contributed by atoms with Gasteiger partial charge in [0, 0.05) is 12.2 Å². The second-order valence-electron chi connectivity index (χ2n) is 4.45. The van der Waals surface area contributed by atoms with Crippen molar-refractivity contribution in [3.63, 3.8) is 0 Å². The Hall–Kier alpha value is -0.930. The average Bonchev–Trinajstić information content (AvgIpc) is 2.63. The number of nitrogens with one attached hydrogen (secondary N) is 1. The van der Waals surface area contributed by atoms with Gasteiger partial charge in [-0.25, -0.2) is 0 Å². The van der Waals surface area contributed by atoms with Crippen LogP contribution < -0.4 is 11.1 Å². The fourth-order valence-corrected chi connectivity index (χ4v) is 2.42. The molecule has 88 valence electrons. The highest BCUT2D eigenvalue weighted by Gasteiger charge is 2.22. The zero-order valence-corrected chi connectivity index (χ0v) is 9.87. The number of benzene rings is 1. The molecule has 0 radical (unpaired) electrons. The highest BCUT2D eigenvalue weighted by molar-refractivity contribution is 6.33. The summed E-state index contributed by atoms with van der Waals surface area (Å²) in [6.07, 6.45) is 2.77. The summed E-state index contributed by atoms with van der Waals surface area (Å²) in [7, 11) is 0. The number of hydrogen-bond donors (Lipinski definition) is 3. The van der Waals surface area contributed by atoms with Gasteiger partial charge >= 0.3 is 0 Å². The predicted octanol–water partition coefficient (Wildman–Crippen LogP) is 2.50. The molecule has 0 spiro atoms. The van der Waals surface area contributed by atoms with Crippen LogP contribution in [0.15, 0.2) is 18.2 Å². The molecular formula is C12H17ClN2O. The van der Waals surface area contributed by atoms with E-state index < -0.39 is 0 Å². The van der Waals surface area contributed by atoms with Crippen molar-refractivity contribution in [1.29, 1.82) is 0 Å². The summed E-state index contributed by atoms with van der Waals surface area (Å²) in [5.74, 6) is 0.545. The van der Waals surface area contributed by atoms with Gasteiger partial charge in [-0.15, -0.1) is 0 Å². The van der Waals surface area contributed by atoms with Crippen molar-refractivity contribution >= 4 is 23.0 Å². The predicted molar refractivity (Wildman–Crippen MR) is 67.7 cm³/mol. The van der Waals surface area contributed by atoms with Crippen LogP contribution in [0.5, 0.6) is 0 Å². The summed E-state index contributed by atoms with van der Waals surface area (Å²) in [6, 6.07) is 5.47. The van der Waals surface area contributed by atoms with Crippen LogP contribution in [0.25, 0.3) is 0 Å². The molecule has 4 heteroatoms. The van der Waals surface area contributed by atoms with Gasteiger partial charge in [0.2, 0.25) is 0 Å². The Labute approximate surface area is 101 Å². The van der Waals surface area contributed by atoms with Gasteiger partial charge in [-0.05, 0) is 43.4 Å². The van der Waals surface area contributed by atoms with Gasteiger partial charge in [-0.3, -0.25) is 0 Å². The minimum atomic E-state index is -0.117. The number of halogens is 1. The van der Waals surface area contributed by atoms with E-state index in [1.807, 2.05) is 12.1 Å². The van der Waals surface area contributed by atoms with Gasteiger partial charge in [0.05, 0.1) is 16.8 Å². The monoisotopic (exact) mass is 240 g/mol. The van der Waals surface area contributed by atoms with E-state index in [2.05, 4.69) is 5.32 Å². The van der Waals surface area contributed by atoms with Gasteiger partial charge in [-0.2, -0.15) is 0 Å². The van der Waals surface area contributed by atoms with Crippen molar-refractivity contribution in [2.75, 3.05) is 17.6 Å². The fraction of sp³-hybridized carbons (Fsp3) is 0.500. The molecule has 1 aromatic carbocycles. The molecule has 0 saturated heterocycles. The first-order valence-corrected chi connectivity index (χ1v) is 6.00. The van der Waals surface area contributed by atoms with Crippen LogP contribution in [0.1, 0.15) is 19.3 Å². The van der Waals surface area contributed by atoms with Crippen LogP contribution in [-0.4, -0.2) is 17.8 Å². The van der Waals surface area contributed by atoms with Gasteiger partial charge < -0.3 is 16.2 Å². The standard InChI is InChI=1S/C12H17ClN2O/c13-11-6-9(14)2-4-12(11)15-7-8-1-3-10(16)5-8/h2,4,6,8,10,15-16H,1,3,5,7,14H2. The van der Waals surface area contributed by atoms with Crippen molar-refractivity contribution < 1.29 is 5.11 Å². The fourth-order valence-electron chi connectivity index (χ4n) is 2.16. The zero-order chi connectivity index (χ0) is 11.5. The van der Waals surface area contributed by atoms with E-state index in [1.165, 1.54) is 0 Å². The Morgan fingerprint density at radius 1 is 1.44 bits per heavy atom. The molecule has 2 unspecified atom stereocenters. The van der Waals surface area contributed by atoms with E-state index in [1.54, 1.807) is 6.07 Å². The Morgan fingerprint density at radius 2 is 2.25 bits per heavy atom. The van der Waals surface area contributed by atoms with Gasteiger partial charge in [0.1, 0.15) is 0 Å². The molecular weight excluding hydrogens is 224 g/mol. The molecule has 4 N–H and O–H groups in total. The number of anilines is 2. The molecule has 1 aliphatic rings. The molecule has 0 heterocycles. The van der Waals surface area contributed by atoms with Crippen molar-refractivity contribution in [3.05, 3.63) is 23.2 Å². The summed E-state index contributed by atoms with van der Waals surface area (Å²) < 4.78 is 0. The SMILES string of the molecule is Nc1ccc(NCC2CCC(O)C2)c(Cl)c1. The van der Waals surface area contributed by atoms with Crippen molar-refractivity contribution in [2.24, 2.45) is 5.92 Å².